The van der Waals surface area contributed by atoms with Crippen molar-refractivity contribution in [1.29, 1.82) is 0 Å². The summed E-state index contributed by atoms with van der Waals surface area (Å²) in [5.41, 5.74) is 7.87. The van der Waals surface area contributed by atoms with Crippen molar-refractivity contribution in [1.82, 2.24) is 0 Å². The summed E-state index contributed by atoms with van der Waals surface area (Å²) in [7, 11) is 0. The van der Waals surface area contributed by atoms with Gasteiger partial charge in [-0.3, -0.25) is 0 Å². The van der Waals surface area contributed by atoms with Crippen LogP contribution in [0.2, 0.25) is 0 Å². The number of quaternary nitrogens is 1. The number of aryl methyl sites for hydroxylation is 2. The Hall–Kier alpha value is -0.820. The quantitative estimate of drug-likeness (QED) is 0.597. The van der Waals surface area contributed by atoms with Crippen LogP contribution in [0.4, 0.5) is 0 Å². The summed E-state index contributed by atoms with van der Waals surface area (Å²) in [4.78, 5) is 0. The van der Waals surface area contributed by atoms with Gasteiger partial charge in [0, 0.05) is 5.56 Å². The number of hydrogen-bond acceptors (Lipinski definition) is 0. The molecule has 0 saturated heterocycles. The standard InChI is InChI=1S/C9H13N/c1-7-3-4-9(6-10)5-8(7)2/h3-5H,6,10H2,1-2H3/p+1. The van der Waals surface area contributed by atoms with Crippen LogP contribution in [0.1, 0.15) is 16.7 Å². The molecule has 1 nitrogen and oxygen atoms in total. The first kappa shape index (κ1) is 7.29. The maximum atomic E-state index is 3.83. The second-order valence-electron chi connectivity index (χ2n) is 2.67. The third kappa shape index (κ3) is 1.36. The van der Waals surface area contributed by atoms with Gasteiger partial charge in [0.1, 0.15) is 0 Å². The van der Waals surface area contributed by atoms with Crippen LogP contribution >= 0.6 is 0 Å². The molecular formula is C9H14N+. The Balaban J connectivity index is 3.04. The molecule has 0 aliphatic heterocycles. The van der Waals surface area contributed by atoms with E-state index < -0.39 is 0 Å². The Morgan fingerprint density at radius 2 is 1.90 bits per heavy atom. The van der Waals surface area contributed by atoms with E-state index in [2.05, 4.69) is 37.8 Å². The van der Waals surface area contributed by atoms with E-state index >= 15 is 0 Å². The monoisotopic (exact) mass is 136 g/mol. The summed E-state index contributed by atoms with van der Waals surface area (Å²) >= 11 is 0. The van der Waals surface area contributed by atoms with Gasteiger partial charge in [-0.15, -0.1) is 0 Å². The first-order valence-electron chi connectivity index (χ1n) is 3.59. The lowest BCUT2D eigenvalue weighted by molar-refractivity contribution is -0.386. The van der Waals surface area contributed by atoms with E-state index in [1.165, 1.54) is 16.7 Å². The van der Waals surface area contributed by atoms with E-state index in [9.17, 15) is 0 Å². The number of benzene rings is 1. The zero-order valence-corrected chi connectivity index (χ0v) is 6.65. The maximum absolute atomic E-state index is 3.83. The van der Waals surface area contributed by atoms with Gasteiger partial charge in [0.2, 0.25) is 0 Å². The van der Waals surface area contributed by atoms with Gasteiger partial charge in [0.15, 0.2) is 0 Å². The third-order valence-electron chi connectivity index (χ3n) is 1.86. The van der Waals surface area contributed by atoms with Crippen molar-refractivity contribution in [2.75, 3.05) is 0 Å². The zero-order chi connectivity index (χ0) is 7.56. The SMILES string of the molecule is Cc1ccc(C[NH3+])cc1C. The molecule has 54 valence electrons. The predicted molar refractivity (Wildman–Crippen MR) is 42.5 cm³/mol. The molecule has 0 amide bonds. The molecule has 0 unspecified atom stereocenters. The molecule has 0 bridgehead atoms. The molecular weight excluding hydrogens is 122 g/mol. The fourth-order valence-electron chi connectivity index (χ4n) is 0.959. The van der Waals surface area contributed by atoms with E-state index in [0.29, 0.717) is 0 Å². The van der Waals surface area contributed by atoms with Crippen LogP contribution in [0.3, 0.4) is 0 Å². The fraction of sp³-hybridized carbons (Fsp3) is 0.333. The lowest BCUT2D eigenvalue weighted by Gasteiger charge is -1.99. The maximum Gasteiger partial charge on any atom is 0.0997 e. The predicted octanol–water partition coefficient (Wildman–Crippen LogP) is 1.05. The van der Waals surface area contributed by atoms with Gasteiger partial charge in [-0.05, 0) is 25.0 Å². The van der Waals surface area contributed by atoms with Gasteiger partial charge < -0.3 is 5.73 Å². The minimum Gasteiger partial charge on any atom is -0.354 e. The highest BCUT2D eigenvalue weighted by atomic mass is 14.5. The average Bonchev–Trinajstić information content (AvgIpc) is 1.95. The Morgan fingerprint density at radius 3 is 2.40 bits per heavy atom. The summed E-state index contributed by atoms with van der Waals surface area (Å²) in [5, 5.41) is 0. The van der Waals surface area contributed by atoms with Crippen molar-refractivity contribution < 1.29 is 5.73 Å². The largest absolute Gasteiger partial charge is 0.354 e. The normalized spacial score (nSPS) is 9.90. The highest BCUT2D eigenvalue weighted by Gasteiger charge is 1.93. The minimum absolute atomic E-state index is 0.890. The Morgan fingerprint density at radius 1 is 1.20 bits per heavy atom. The van der Waals surface area contributed by atoms with Crippen LogP contribution in [-0.2, 0) is 6.54 Å². The minimum atomic E-state index is 0.890. The van der Waals surface area contributed by atoms with Gasteiger partial charge in [-0.2, -0.15) is 0 Å². The second kappa shape index (κ2) is 2.84. The molecule has 0 heterocycles. The highest BCUT2D eigenvalue weighted by Crippen LogP contribution is 2.08. The first-order chi connectivity index (χ1) is 4.74. The first-order valence-corrected chi connectivity index (χ1v) is 3.59. The average molecular weight is 136 g/mol. The lowest BCUT2D eigenvalue weighted by atomic mass is 10.1. The summed E-state index contributed by atoms with van der Waals surface area (Å²) in [6.45, 7) is 5.15. The summed E-state index contributed by atoms with van der Waals surface area (Å²) in [6, 6.07) is 6.48. The molecule has 3 N–H and O–H groups in total. The van der Waals surface area contributed by atoms with Gasteiger partial charge in [0.05, 0.1) is 6.54 Å². The van der Waals surface area contributed by atoms with Crippen LogP contribution < -0.4 is 5.73 Å². The van der Waals surface area contributed by atoms with Gasteiger partial charge >= 0.3 is 0 Å². The van der Waals surface area contributed by atoms with Crippen LogP contribution in [-0.4, -0.2) is 0 Å². The molecule has 0 aliphatic carbocycles. The molecule has 1 rings (SSSR count). The van der Waals surface area contributed by atoms with E-state index in [4.69, 9.17) is 0 Å². The van der Waals surface area contributed by atoms with Crippen molar-refractivity contribution in [3.63, 3.8) is 0 Å². The Kier molecular flexibility index (Phi) is 2.07. The second-order valence-corrected chi connectivity index (χ2v) is 2.67. The molecule has 0 spiro atoms. The van der Waals surface area contributed by atoms with Crippen molar-refractivity contribution in [3.8, 4) is 0 Å². The van der Waals surface area contributed by atoms with Crippen LogP contribution in [0, 0.1) is 13.8 Å². The van der Waals surface area contributed by atoms with Crippen molar-refractivity contribution >= 4 is 0 Å². The third-order valence-corrected chi connectivity index (χ3v) is 1.86. The topological polar surface area (TPSA) is 27.6 Å². The molecule has 1 aromatic rings. The fourth-order valence-corrected chi connectivity index (χ4v) is 0.959. The van der Waals surface area contributed by atoms with Gasteiger partial charge in [-0.1, -0.05) is 18.2 Å². The highest BCUT2D eigenvalue weighted by molar-refractivity contribution is 5.29. The van der Waals surface area contributed by atoms with E-state index in [-0.39, 0.29) is 0 Å². The van der Waals surface area contributed by atoms with E-state index in [1.54, 1.807) is 0 Å². The molecule has 0 atom stereocenters. The van der Waals surface area contributed by atoms with Crippen LogP contribution in [0.5, 0.6) is 0 Å². The van der Waals surface area contributed by atoms with Gasteiger partial charge in [0.25, 0.3) is 0 Å². The van der Waals surface area contributed by atoms with Crippen molar-refractivity contribution in [2.24, 2.45) is 0 Å². The molecule has 1 aromatic carbocycles. The Labute approximate surface area is 61.9 Å². The van der Waals surface area contributed by atoms with E-state index in [0.717, 1.165) is 6.54 Å². The molecule has 0 aliphatic rings. The van der Waals surface area contributed by atoms with Crippen molar-refractivity contribution in [3.05, 3.63) is 34.9 Å². The molecule has 0 aromatic heterocycles. The molecule has 1 heteroatoms. The van der Waals surface area contributed by atoms with Crippen LogP contribution in [0.25, 0.3) is 0 Å². The number of rotatable bonds is 1. The van der Waals surface area contributed by atoms with Crippen LogP contribution in [0.15, 0.2) is 18.2 Å². The molecule has 10 heavy (non-hydrogen) atoms. The zero-order valence-electron chi connectivity index (χ0n) is 6.65. The smallest absolute Gasteiger partial charge is 0.0997 e. The van der Waals surface area contributed by atoms with Crippen molar-refractivity contribution in [2.45, 2.75) is 20.4 Å². The summed E-state index contributed by atoms with van der Waals surface area (Å²) < 4.78 is 0. The van der Waals surface area contributed by atoms with E-state index in [1.807, 2.05) is 0 Å². The van der Waals surface area contributed by atoms with Gasteiger partial charge in [-0.25, -0.2) is 0 Å². The summed E-state index contributed by atoms with van der Waals surface area (Å²) in [6.07, 6.45) is 0. The number of hydrogen-bond donors (Lipinski definition) is 1. The molecule has 0 fully saturated rings. The Bertz CT molecular complexity index is 228. The lowest BCUT2D eigenvalue weighted by Crippen LogP contribution is -2.47. The summed E-state index contributed by atoms with van der Waals surface area (Å²) in [5.74, 6) is 0. The molecule has 0 saturated carbocycles. The molecule has 0 radical (unpaired) electrons.